The summed E-state index contributed by atoms with van der Waals surface area (Å²) in [6.45, 7) is 0. The number of hydrogen-bond acceptors (Lipinski definition) is 3. The van der Waals surface area contributed by atoms with Gasteiger partial charge < -0.3 is 4.74 Å². The number of rotatable bonds is 3. The summed E-state index contributed by atoms with van der Waals surface area (Å²) in [4.78, 5) is 15.3. The normalized spacial score (nSPS) is 10.4. The van der Waals surface area contributed by atoms with Crippen LogP contribution < -0.4 is 4.74 Å². The van der Waals surface area contributed by atoms with Gasteiger partial charge in [-0.1, -0.05) is 17.7 Å². The first-order valence-corrected chi connectivity index (χ1v) is 6.41. The van der Waals surface area contributed by atoms with Gasteiger partial charge in [0, 0.05) is 28.7 Å². The molecule has 1 heterocycles. The van der Waals surface area contributed by atoms with Gasteiger partial charge in [0.25, 0.3) is 0 Å². The molecule has 0 aliphatic heterocycles. The number of aromatic nitrogens is 1. The van der Waals surface area contributed by atoms with Crippen LogP contribution in [-0.4, -0.2) is 11.3 Å². The van der Waals surface area contributed by atoms with Crippen molar-refractivity contribution in [2.24, 2.45) is 0 Å². The van der Waals surface area contributed by atoms with Gasteiger partial charge in [0.15, 0.2) is 6.29 Å². The van der Waals surface area contributed by atoms with E-state index in [-0.39, 0.29) is 0 Å². The summed E-state index contributed by atoms with van der Waals surface area (Å²) in [5.41, 5.74) is 1.29. The van der Waals surface area contributed by atoms with E-state index in [1.165, 1.54) is 0 Å². The fourth-order valence-corrected chi connectivity index (χ4v) is 2.09. The molecule has 0 aliphatic rings. The second-order valence-corrected chi connectivity index (χ2v) is 4.70. The maximum absolute atomic E-state index is 11.0. The highest BCUT2D eigenvalue weighted by Gasteiger charge is 2.06. The van der Waals surface area contributed by atoms with Crippen LogP contribution in [-0.2, 0) is 0 Å². The molecule has 1 aromatic heterocycles. The molecule has 0 radical (unpaired) electrons. The molecule has 0 N–H and O–H groups in total. The minimum atomic E-state index is 0.433. The molecular formula is C16H10ClNO2. The fourth-order valence-electron chi connectivity index (χ4n) is 1.93. The number of ether oxygens (including phenoxy) is 1. The molecule has 0 fully saturated rings. The Balaban J connectivity index is 2.00. The molecule has 0 bridgehead atoms. The Labute approximate surface area is 120 Å². The van der Waals surface area contributed by atoms with Gasteiger partial charge in [0.1, 0.15) is 11.5 Å². The van der Waals surface area contributed by atoms with E-state index >= 15 is 0 Å². The zero-order valence-corrected chi connectivity index (χ0v) is 11.2. The minimum absolute atomic E-state index is 0.433. The molecule has 0 amide bonds. The van der Waals surface area contributed by atoms with Crippen molar-refractivity contribution in [1.82, 2.24) is 4.98 Å². The van der Waals surface area contributed by atoms with E-state index < -0.39 is 0 Å². The molecule has 3 rings (SSSR count). The summed E-state index contributed by atoms with van der Waals surface area (Å²) in [5.74, 6) is 1.05. The first kappa shape index (κ1) is 12.6. The number of halogens is 1. The van der Waals surface area contributed by atoms with E-state index in [9.17, 15) is 4.79 Å². The van der Waals surface area contributed by atoms with Crippen LogP contribution in [0.1, 0.15) is 10.4 Å². The number of carbonyl (C=O) groups excluding carboxylic acids is 1. The van der Waals surface area contributed by atoms with E-state index in [1.807, 2.05) is 30.3 Å². The molecular weight excluding hydrogens is 274 g/mol. The third-order valence-electron chi connectivity index (χ3n) is 2.91. The zero-order chi connectivity index (χ0) is 13.9. The van der Waals surface area contributed by atoms with Gasteiger partial charge in [-0.2, -0.15) is 0 Å². The smallest absolute Gasteiger partial charge is 0.153 e. The van der Waals surface area contributed by atoms with Crippen molar-refractivity contribution < 1.29 is 9.53 Å². The summed E-state index contributed by atoms with van der Waals surface area (Å²) in [5, 5.41) is 1.55. The monoisotopic (exact) mass is 283 g/mol. The highest BCUT2D eigenvalue weighted by Crippen LogP contribution is 2.29. The Morgan fingerprint density at radius 2 is 2.00 bits per heavy atom. The Bertz CT molecular complexity index is 786. The van der Waals surface area contributed by atoms with Gasteiger partial charge in [-0.25, -0.2) is 0 Å². The van der Waals surface area contributed by atoms with Crippen molar-refractivity contribution >= 4 is 28.8 Å². The summed E-state index contributed by atoms with van der Waals surface area (Å²) in [7, 11) is 0. The first-order valence-electron chi connectivity index (χ1n) is 6.03. The molecule has 0 saturated heterocycles. The number of fused-ring (bicyclic) bond motifs is 1. The highest BCUT2D eigenvalue weighted by molar-refractivity contribution is 6.30. The quantitative estimate of drug-likeness (QED) is 0.665. The number of hydrogen-bond donors (Lipinski definition) is 0. The number of aldehydes is 1. The SMILES string of the molecule is O=Cc1ccc(Cl)cc1Oc1ccc2cccnc2c1. The largest absolute Gasteiger partial charge is 0.456 e. The summed E-state index contributed by atoms with van der Waals surface area (Å²) in [6, 6.07) is 14.3. The van der Waals surface area contributed by atoms with Crippen LogP contribution in [0.2, 0.25) is 5.02 Å². The molecule has 4 heteroatoms. The van der Waals surface area contributed by atoms with Crippen molar-refractivity contribution in [2.75, 3.05) is 0 Å². The number of nitrogens with zero attached hydrogens (tertiary/aromatic N) is 1. The summed E-state index contributed by atoms with van der Waals surface area (Å²) < 4.78 is 5.73. The lowest BCUT2D eigenvalue weighted by Crippen LogP contribution is -1.90. The van der Waals surface area contributed by atoms with Gasteiger partial charge in [-0.15, -0.1) is 0 Å². The Kier molecular flexibility index (Phi) is 3.35. The topological polar surface area (TPSA) is 39.2 Å². The van der Waals surface area contributed by atoms with Crippen LogP contribution in [0.15, 0.2) is 54.7 Å². The zero-order valence-electron chi connectivity index (χ0n) is 10.4. The van der Waals surface area contributed by atoms with Crippen LogP contribution in [0, 0.1) is 0 Å². The van der Waals surface area contributed by atoms with E-state index in [0.717, 1.165) is 17.2 Å². The summed E-state index contributed by atoms with van der Waals surface area (Å²) in [6.07, 6.45) is 2.47. The van der Waals surface area contributed by atoms with E-state index in [0.29, 0.717) is 22.1 Å². The van der Waals surface area contributed by atoms with Gasteiger partial charge in [0.05, 0.1) is 11.1 Å². The van der Waals surface area contributed by atoms with Crippen LogP contribution in [0.25, 0.3) is 10.9 Å². The molecule has 98 valence electrons. The van der Waals surface area contributed by atoms with Crippen molar-refractivity contribution in [3.05, 3.63) is 65.3 Å². The molecule has 3 nitrogen and oxygen atoms in total. The van der Waals surface area contributed by atoms with Crippen molar-refractivity contribution in [3.8, 4) is 11.5 Å². The van der Waals surface area contributed by atoms with E-state index in [2.05, 4.69) is 4.98 Å². The van der Waals surface area contributed by atoms with Gasteiger partial charge in [0.2, 0.25) is 0 Å². The predicted octanol–water partition coefficient (Wildman–Crippen LogP) is 4.49. The number of carbonyl (C=O) groups is 1. The Hall–Kier alpha value is -2.39. The molecule has 3 aromatic rings. The average Bonchev–Trinajstić information content (AvgIpc) is 2.47. The molecule has 20 heavy (non-hydrogen) atoms. The Morgan fingerprint density at radius 3 is 2.85 bits per heavy atom. The maximum Gasteiger partial charge on any atom is 0.153 e. The van der Waals surface area contributed by atoms with E-state index in [1.54, 1.807) is 24.4 Å². The third kappa shape index (κ3) is 2.49. The third-order valence-corrected chi connectivity index (χ3v) is 3.14. The molecule has 0 saturated carbocycles. The second-order valence-electron chi connectivity index (χ2n) is 4.26. The van der Waals surface area contributed by atoms with Gasteiger partial charge >= 0.3 is 0 Å². The lowest BCUT2D eigenvalue weighted by atomic mass is 10.2. The van der Waals surface area contributed by atoms with Crippen LogP contribution in [0.4, 0.5) is 0 Å². The molecule has 0 unspecified atom stereocenters. The van der Waals surface area contributed by atoms with E-state index in [4.69, 9.17) is 16.3 Å². The number of benzene rings is 2. The molecule has 2 aromatic carbocycles. The lowest BCUT2D eigenvalue weighted by molar-refractivity contribution is 0.112. The highest BCUT2D eigenvalue weighted by atomic mass is 35.5. The summed E-state index contributed by atoms with van der Waals surface area (Å²) >= 11 is 5.93. The fraction of sp³-hybridized carbons (Fsp3) is 0. The Morgan fingerprint density at radius 1 is 1.10 bits per heavy atom. The molecule has 0 spiro atoms. The van der Waals surface area contributed by atoms with Crippen molar-refractivity contribution in [1.29, 1.82) is 0 Å². The lowest BCUT2D eigenvalue weighted by Gasteiger charge is -2.09. The standard InChI is InChI=1S/C16H10ClNO2/c17-13-5-3-12(10-19)16(8-13)20-14-6-4-11-2-1-7-18-15(11)9-14/h1-10H. The van der Waals surface area contributed by atoms with Crippen LogP contribution in [0.3, 0.4) is 0 Å². The average molecular weight is 284 g/mol. The molecule has 0 aliphatic carbocycles. The van der Waals surface area contributed by atoms with Gasteiger partial charge in [-0.3, -0.25) is 9.78 Å². The van der Waals surface area contributed by atoms with Gasteiger partial charge in [-0.05, 0) is 30.3 Å². The van der Waals surface area contributed by atoms with Crippen molar-refractivity contribution in [2.45, 2.75) is 0 Å². The van der Waals surface area contributed by atoms with Crippen LogP contribution >= 0.6 is 11.6 Å². The van der Waals surface area contributed by atoms with Crippen LogP contribution in [0.5, 0.6) is 11.5 Å². The number of pyridine rings is 1. The molecule has 0 atom stereocenters. The van der Waals surface area contributed by atoms with Crippen molar-refractivity contribution in [3.63, 3.8) is 0 Å². The first-order chi connectivity index (χ1) is 9.76. The minimum Gasteiger partial charge on any atom is -0.456 e. The predicted molar refractivity (Wildman–Crippen MR) is 78.7 cm³/mol. The maximum atomic E-state index is 11.0. The second kappa shape index (κ2) is 5.31.